The van der Waals surface area contributed by atoms with Crippen molar-refractivity contribution in [3.8, 4) is 5.75 Å². The highest BCUT2D eigenvalue weighted by molar-refractivity contribution is 6.42. The summed E-state index contributed by atoms with van der Waals surface area (Å²) in [7, 11) is 0. The van der Waals surface area contributed by atoms with Gasteiger partial charge in [0.25, 0.3) is 0 Å². The van der Waals surface area contributed by atoms with Gasteiger partial charge in [-0.25, -0.2) is 4.39 Å². The zero-order chi connectivity index (χ0) is 26.7. The van der Waals surface area contributed by atoms with Crippen LogP contribution in [0.15, 0.2) is 36.4 Å². The monoisotopic (exact) mass is 550 g/mol. The maximum Gasteiger partial charge on any atom is 0.324 e. The van der Waals surface area contributed by atoms with Gasteiger partial charge < -0.3 is 14.7 Å². The van der Waals surface area contributed by atoms with Crippen LogP contribution in [0.25, 0.3) is 0 Å². The molecule has 1 N–H and O–H groups in total. The van der Waals surface area contributed by atoms with Crippen LogP contribution in [0, 0.1) is 18.7 Å². The molecule has 202 valence electrons. The summed E-state index contributed by atoms with van der Waals surface area (Å²) in [5.74, 6) is -0.0574. The number of rotatable bonds is 8. The summed E-state index contributed by atoms with van der Waals surface area (Å²) in [4.78, 5) is 17.1. The lowest BCUT2D eigenvalue weighted by molar-refractivity contribution is -0.153. The molecule has 37 heavy (non-hydrogen) atoms. The lowest BCUT2D eigenvalue weighted by atomic mass is 9.78. The van der Waals surface area contributed by atoms with E-state index in [-0.39, 0.29) is 17.8 Å². The largest absolute Gasteiger partial charge is 0.490 e. The molecule has 0 amide bonds. The molecule has 0 saturated carbocycles. The molecule has 2 aliphatic heterocycles. The van der Waals surface area contributed by atoms with Crippen molar-refractivity contribution in [2.45, 2.75) is 64.0 Å². The lowest BCUT2D eigenvalue weighted by Crippen LogP contribution is -2.58. The van der Waals surface area contributed by atoms with Crippen molar-refractivity contribution >= 4 is 29.2 Å². The Morgan fingerprint density at radius 1 is 1.08 bits per heavy atom. The van der Waals surface area contributed by atoms with Gasteiger partial charge in [0.15, 0.2) is 0 Å². The Morgan fingerprint density at radius 3 is 2.30 bits per heavy atom. The highest BCUT2D eigenvalue weighted by Gasteiger charge is 2.46. The second-order valence-corrected chi connectivity index (χ2v) is 11.5. The van der Waals surface area contributed by atoms with Gasteiger partial charge in [-0.1, -0.05) is 42.3 Å². The molecule has 4 rings (SSSR count). The van der Waals surface area contributed by atoms with Crippen LogP contribution in [0.4, 0.5) is 4.39 Å². The summed E-state index contributed by atoms with van der Waals surface area (Å²) in [5.41, 5.74) is 0.682. The Labute approximate surface area is 229 Å². The second-order valence-electron chi connectivity index (χ2n) is 10.8. The van der Waals surface area contributed by atoms with E-state index >= 15 is 0 Å². The molecule has 0 aromatic heterocycles. The first-order chi connectivity index (χ1) is 17.6. The number of benzene rings is 2. The van der Waals surface area contributed by atoms with E-state index in [2.05, 4.69) is 9.80 Å². The SMILES string of the molecule is Cc1c(OC2CCN(CC3CCN([C@](C)(C(=O)O)C(C)c4ccc(F)cc4)CC3)CC2)ccc(Cl)c1Cl. The smallest absolute Gasteiger partial charge is 0.324 e. The molecule has 2 fully saturated rings. The molecule has 2 saturated heterocycles. The Bertz CT molecular complexity index is 1080. The topological polar surface area (TPSA) is 53.0 Å². The number of hydrogen-bond donors (Lipinski definition) is 1. The molecule has 2 aliphatic rings. The molecule has 0 bridgehead atoms. The molecule has 0 spiro atoms. The Hall–Kier alpha value is -1.86. The van der Waals surface area contributed by atoms with Crippen LogP contribution in [0.2, 0.25) is 10.0 Å². The summed E-state index contributed by atoms with van der Waals surface area (Å²) < 4.78 is 19.7. The number of likely N-dealkylation sites (tertiary alicyclic amines) is 2. The minimum atomic E-state index is -1.04. The van der Waals surface area contributed by atoms with Crippen molar-refractivity contribution in [2.75, 3.05) is 32.7 Å². The van der Waals surface area contributed by atoms with Gasteiger partial charge >= 0.3 is 5.97 Å². The predicted molar refractivity (Wildman–Crippen MR) is 146 cm³/mol. The summed E-state index contributed by atoms with van der Waals surface area (Å²) in [6.07, 6.45) is 4.03. The number of carboxylic acid groups (broad SMARTS) is 1. The van der Waals surface area contributed by atoms with E-state index in [1.54, 1.807) is 18.2 Å². The average Bonchev–Trinajstić information content (AvgIpc) is 2.90. The lowest BCUT2D eigenvalue weighted by Gasteiger charge is -2.46. The third-order valence-corrected chi connectivity index (χ3v) is 9.45. The summed E-state index contributed by atoms with van der Waals surface area (Å²) in [6, 6.07) is 9.88. The van der Waals surface area contributed by atoms with Crippen molar-refractivity contribution in [3.05, 3.63) is 63.4 Å². The minimum Gasteiger partial charge on any atom is -0.490 e. The standard InChI is InChI=1S/C29H37Cl2FN2O3/c1-19-26(9-8-25(30)27(19)31)37-24-12-14-33(15-13-24)18-21-10-16-34(17-11-21)29(3,28(35)36)20(2)22-4-6-23(32)7-5-22/h4-9,20-21,24H,10-18H2,1-3H3,(H,35,36)/t20?,29-/m0/s1. The van der Waals surface area contributed by atoms with Crippen LogP contribution in [0.1, 0.15) is 56.6 Å². The van der Waals surface area contributed by atoms with E-state index < -0.39 is 11.5 Å². The predicted octanol–water partition coefficient (Wildman–Crippen LogP) is 6.64. The van der Waals surface area contributed by atoms with Gasteiger partial charge in [0, 0.05) is 31.1 Å². The highest BCUT2D eigenvalue weighted by Crippen LogP contribution is 2.37. The van der Waals surface area contributed by atoms with Crippen LogP contribution >= 0.6 is 23.2 Å². The van der Waals surface area contributed by atoms with Crippen LogP contribution in [-0.2, 0) is 4.79 Å². The molecule has 2 aromatic rings. The fourth-order valence-corrected chi connectivity index (χ4v) is 6.13. The summed E-state index contributed by atoms with van der Waals surface area (Å²) in [6.45, 7) is 10.2. The number of ether oxygens (including phenoxy) is 1. The molecule has 2 heterocycles. The highest BCUT2D eigenvalue weighted by atomic mass is 35.5. The van der Waals surface area contributed by atoms with E-state index in [0.29, 0.717) is 16.0 Å². The number of hydrogen-bond acceptors (Lipinski definition) is 4. The van der Waals surface area contributed by atoms with Gasteiger partial charge in [-0.3, -0.25) is 9.69 Å². The quantitative estimate of drug-likeness (QED) is 0.399. The maximum absolute atomic E-state index is 13.4. The Kier molecular flexibility index (Phi) is 9.05. The van der Waals surface area contributed by atoms with Gasteiger partial charge in [0.1, 0.15) is 23.2 Å². The summed E-state index contributed by atoms with van der Waals surface area (Å²) in [5, 5.41) is 11.3. The van der Waals surface area contributed by atoms with Gasteiger partial charge in [-0.15, -0.1) is 0 Å². The number of aliphatic carboxylic acids is 1. The molecule has 0 radical (unpaired) electrons. The normalized spacial score (nSPS) is 20.9. The molecule has 1 unspecified atom stereocenters. The number of nitrogens with zero attached hydrogens (tertiary/aromatic N) is 2. The molecular formula is C29H37Cl2FN2O3. The summed E-state index contributed by atoms with van der Waals surface area (Å²) >= 11 is 12.4. The number of piperidine rings is 2. The van der Waals surface area contributed by atoms with E-state index in [1.165, 1.54) is 12.1 Å². The van der Waals surface area contributed by atoms with E-state index in [4.69, 9.17) is 27.9 Å². The third kappa shape index (κ3) is 6.25. The first kappa shape index (κ1) is 28.2. The van der Waals surface area contributed by atoms with E-state index in [1.807, 2.05) is 26.8 Å². The molecule has 0 aliphatic carbocycles. The van der Waals surface area contributed by atoms with Crippen molar-refractivity contribution in [1.82, 2.24) is 9.80 Å². The minimum absolute atomic E-state index is 0.165. The van der Waals surface area contributed by atoms with Crippen LogP contribution in [0.5, 0.6) is 5.75 Å². The first-order valence-electron chi connectivity index (χ1n) is 13.2. The fourth-order valence-electron chi connectivity index (χ4n) is 5.77. The number of carboxylic acids is 1. The molecule has 2 atom stereocenters. The van der Waals surface area contributed by atoms with E-state index in [0.717, 1.165) is 75.3 Å². The number of halogens is 3. The van der Waals surface area contributed by atoms with Crippen LogP contribution < -0.4 is 4.74 Å². The molecule has 2 aromatic carbocycles. The molecular weight excluding hydrogens is 514 g/mol. The van der Waals surface area contributed by atoms with Gasteiger partial charge in [0.05, 0.1) is 10.0 Å². The Morgan fingerprint density at radius 2 is 1.70 bits per heavy atom. The number of carbonyl (C=O) groups is 1. The fraction of sp³-hybridized carbons (Fsp3) is 0.552. The zero-order valence-corrected chi connectivity index (χ0v) is 23.4. The van der Waals surface area contributed by atoms with Crippen molar-refractivity contribution in [3.63, 3.8) is 0 Å². The van der Waals surface area contributed by atoms with Gasteiger partial charge in [-0.05, 0) is 88.4 Å². The van der Waals surface area contributed by atoms with E-state index in [9.17, 15) is 14.3 Å². The van der Waals surface area contributed by atoms with Gasteiger partial charge in [-0.2, -0.15) is 0 Å². The van der Waals surface area contributed by atoms with Crippen molar-refractivity contribution in [1.29, 1.82) is 0 Å². The maximum atomic E-state index is 13.4. The zero-order valence-electron chi connectivity index (χ0n) is 21.9. The molecule has 5 nitrogen and oxygen atoms in total. The van der Waals surface area contributed by atoms with Gasteiger partial charge in [0.2, 0.25) is 0 Å². The van der Waals surface area contributed by atoms with Crippen molar-refractivity contribution < 1.29 is 19.0 Å². The molecule has 8 heteroatoms. The first-order valence-corrected chi connectivity index (χ1v) is 13.9. The average molecular weight is 552 g/mol. The van der Waals surface area contributed by atoms with Crippen molar-refractivity contribution in [2.24, 2.45) is 5.92 Å². The van der Waals surface area contributed by atoms with Crippen LogP contribution in [0.3, 0.4) is 0 Å². The third-order valence-electron chi connectivity index (χ3n) is 8.55. The van der Waals surface area contributed by atoms with Crippen LogP contribution in [-0.4, -0.2) is 65.2 Å². The Balaban J connectivity index is 1.27. The second kappa shape index (κ2) is 11.9.